The van der Waals surface area contributed by atoms with Gasteiger partial charge in [0.2, 0.25) is 5.91 Å². The number of nitrogens with two attached hydrogens (primary N) is 1. The summed E-state index contributed by atoms with van der Waals surface area (Å²) in [6.45, 7) is 1.07. The highest BCUT2D eigenvalue weighted by atomic mass is 32.1. The Morgan fingerprint density at radius 1 is 1.30 bits per heavy atom. The SMILES string of the molecule is NC(=O)c1ccc(-c2nc([C@H]3CCCCN3)cs2)cc1. The third-order valence-electron chi connectivity index (χ3n) is 3.61. The topological polar surface area (TPSA) is 68.0 Å². The summed E-state index contributed by atoms with van der Waals surface area (Å²) < 4.78 is 0. The van der Waals surface area contributed by atoms with Gasteiger partial charge in [0.15, 0.2) is 0 Å². The molecule has 1 atom stereocenters. The number of hydrogen-bond donors (Lipinski definition) is 2. The molecule has 104 valence electrons. The Hall–Kier alpha value is -1.72. The zero-order valence-electron chi connectivity index (χ0n) is 11.1. The van der Waals surface area contributed by atoms with Crippen LogP contribution in [0.25, 0.3) is 10.6 Å². The number of nitrogens with one attached hydrogen (secondary N) is 1. The van der Waals surface area contributed by atoms with Crippen LogP contribution in [-0.2, 0) is 0 Å². The van der Waals surface area contributed by atoms with Crippen LogP contribution < -0.4 is 11.1 Å². The van der Waals surface area contributed by atoms with Crippen LogP contribution in [0.1, 0.15) is 41.4 Å². The van der Waals surface area contributed by atoms with Gasteiger partial charge in [-0.05, 0) is 31.5 Å². The molecule has 0 radical (unpaired) electrons. The van der Waals surface area contributed by atoms with Crippen molar-refractivity contribution in [1.29, 1.82) is 0 Å². The molecular weight excluding hydrogens is 270 g/mol. The number of piperidine rings is 1. The molecular formula is C15H17N3OS. The molecule has 3 N–H and O–H groups in total. The van der Waals surface area contributed by atoms with Crippen molar-refractivity contribution in [2.75, 3.05) is 6.54 Å². The van der Waals surface area contributed by atoms with Gasteiger partial charge in [-0.1, -0.05) is 18.6 Å². The van der Waals surface area contributed by atoms with Crippen molar-refractivity contribution in [3.8, 4) is 10.6 Å². The van der Waals surface area contributed by atoms with Crippen LogP contribution in [0.2, 0.25) is 0 Å². The Labute approximate surface area is 122 Å². The molecule has 0 unspecified atom stereocenters. The summed E-state index contributed by atoms with van der Waals surface area (Å²) in [5.74, 6) is -0.400. The van der Waals surface area contributed by atoms with E-state index in [1.165, 1.54) is 12.8 Å². The largest absolute Gasteiger partial charge is 0.366 e. The minimum Gasteiger partial charge on any atom is -0.366 e. The van der Waals surface area contributed by atoms with E-state index in [0.29, 0.717) is 11.6 Å². The van der Waals surface area contributed by atoms with Gasteiger partial charge >= 0.3 is 0 Å². The van der Waals surface area contributed by atoms with E-state index in [0.717, 1.165) is 29.2 Å². The molecule has 3 rings (SSSR count). The van der Waals surface area contributed by atoms with Crippen LogP contribution >= 0.6 is 11.3 Å². The highest BCUT2D eigenvalue weighted by Gasteiger charge is 2.17. The highest BCUT2D eigenvalue weighted by Crippen LogP contribution is 2.29. The van der Waals surface area contributed by atoms with Crippen LogP contribution in [0.4, 0.5) is 0 Å². The van der Waals surface area contributed by atoms with Crippen molar-refractivity contribution in [1.82, 2.24) is 10.3 Å². The number of carbonyl (C=O) groups is 1. The zero-order valence-corrected chi connectivity index (χ0v) is 12.0. The molecule has 1 aliphatic rings. The van der Waals surface area contributed by atoms with Gasteiger partial charge in [-0.2, -0.15) is 0 Å². The Morgan fingerprint density at radius 2 is 2.10 bits per heavy atom. The third kappa shape index (κ3) is 2.73. The van der Waals surface area contributed by atoms with Crippen molar-refractivity contribution >= 4 is 17.2 Å². The van der Waals surface area contributed by atoms with E-state index < -0.39 is 5.91 Å². The molecule has 5 heteroatoms. The maximum atomic E-state index is 11.1. The van der Waals surface area contributed by atoms with Crippen molar-refractivity contribution in [2.24, 2.45) is 5.73 Å². The van der Waals surface area contributed by atoms with Crippen LogP contribution in [-0.4, -0.2) is 17.4 Å². The number of benzene rings is 1. The fourth-order valence-electron chi connectivity index (χ4n) is 2.46. The molecule has 1 amide bonds. The first-order valence-corrected chi connectivity index (χ1v) is 7.71. The quantitative estimate of drug-likeness (QED) is 0.912. The summed E-state index contributed by atoms with van der Waals surface area (Å²) in [5, 5.41) is 6.62. The number of aromatic nitrogens is 1. The zero-order chi connectivity index (χ0) is 13.9. The lowest BCUT2D eigenvalue weighted by Crippen LogP contribution is -2.26. The molecule has 2 aromatic rings. The first-order chi connectivity index (χ1) is 9.74. The van der Waals surface area contributed by atoms with Crippen LogP contribution in [0.5, 0.6) is 0 Å². The van der Waals surface area contributed by atoms with Gasteiger partial charge in [-0.25, -0.2) is 4.98 Å². The van der Waals surface area contributed by atoms with E-state index in [9.17, 15) is 4.79 Å². The van der Waals surface area contributed by atoms with Crippen LogP contribution in [0, 0.1) is 0 Å². The van der Waals surface area contributed by atoms with E-state index in [2.05, 4.69) is 10.7 Å². The van der Waals surface area contributed by atoms with Gasteiger partial charge in [0, 0.05) is 16.5 Å². The number of thiazole rings is 1. The van der Waals surface area contributed by atoms with Gasteiger partial charge in [0.05, 0.1) is 11.7 Å². The summed E-state index contributed by atoms with van der Waals surface area (Å²) in [5.41, 5.74) is 7.93. The maximum absolute atomic E-state index is 11.1. The molecule has 0 saturated carbocycles. The van der Waals surface area contributed by atoms with E-state index in [1.54, 1.807) is 23.5 Å². The summed E-state index contributed by atoms with van der Waals surface area (Å²) >= 11 is 1.64. The molecule has 1 fully saturated rings. The normalized spacial score (nSPS) is 18.9. The lowest BCUT2D eigenvalue weighted by molar-refractivity contribution is 0.100. The van der Waals surface area contributed by atoms with Crippen LogP contribution in [0.15, 0.2) is 29.6 Å². The monoisotopic (exact) mass is 287 g/mol. The molecule has 0 bridgehead atoms. The van der Waals surface area contributed by atoms with E-state index in [1.807, 2.05) is 12.1 Å². The lowest BCUT2D eigenvalue weighted by Gasteiger charge is -2.21. The molecule has 4 nitrogen and oxygen atoms in total. The Kier molecular flexibility index (Phi) is 3.80. The van der Waals surface area contributed by atoms with Crippen LogP contribution in [0.3, 0.4) is 0 Å². The molecule has 1 aromatic carbocycles. The predicted molar refractivity (Wildman–Crippen MR) is 80.7 cm³/mol. The van der Waals surface area contributed by atoms with Crippen molar-refractivity contribution < 1.29 is 4.79 Å². The van der Waals surface area contributed by atoms with Gasteiger partial charge in [0.1, 0.15) is 5.01 Å². The number of nitrogens with zero attached hydrogens (tertiary/aromatic N) is 1. The van der Waals surface area contributed by atoms with Gasteiger partial charge in [-0.3, -0.25) is 4.79 Å². The Morgan fingerprint density at radius 3 is 2.75 bits per heavy atom. The molecule has 2 heterocycles. The van der Waals surface area contributed by atoms with Crippen molar-refractivity contribution in [3.05, 3.63) is 40.9 Å². The third-order valence-corrected chi connectivity index (χ3v) is 4.52. The fraction of sp³-hybridized carbons (Fsp3) is 0.333. The second-order valence-corrected chi connectivity index (χ2v) is 5.88. The summed E-state index contributed by atoms with van der Waals surface area (Å²) in [6, 6.07) is 7.68. The van der Waals surface area contributed by atoms with Crippen molar-refractivity contribution in [3.63, 3.8) is 0 Å². The maximum Gasteiger partial charge on any atom is 0.248 e. The number of hydrogen-bond acceptors (Lipinski definition) is 4. The second kappa shape index (κ2) is 5.73. The number of rotatable bonds is 3. The molecule has 0 spiro atoms. The molecule has 1 aliphatic heterocycles. The van der Waals surface area contributed by atoms with Crippen molar-refractivity contribution in [2.45, 2.75) is 25.3 Å². The highest BCUT2D eigenvalue weighted by molar-refractivity contribution is 7.13. The summed E-state index contributed by atoms with van der Waals surface area (Å²) in [4.78, 5) is 15.8. The number of carbonyl (C=O) groups excluding carboxylic acids is 1. The van der Waals surface area contributed by atoms with Gasteiger partial charge < -0.3 is 11.1 Å². The minimum absolute atomic E-state index is 0.388. The average Bonchev–Trinajstić information content (AvgIpc) is 2.98. The number of amides is 1. The Balaban J connectivity index is 1.80. The molecule has 20 heavy (non-hydrogen) atoms. The second-order valence-electron chi connectivity index (χ2n) is 5.02. The standard InChI is InChI=1S/C15H17N3OS/c16-14(19)10-4-6-11(7-5-10)15-18-13(9-20-15)12-3-1-2-8-17-12/h4-7,9,12,17H,1-3,8H2,(H2,16,19)/t12-/m1/s1. The fourth-order valence-corrected chi connectivity index (χ4v) is 3.34. The summed E-state index contributed by atoms with van der Waals surface area (Å²) in [7, 11) is 0. The van der Waals surface area contributed by atoms with E-state index in [-0.39, 0.29) is 0 Å². The van der Waals surface area contributed by atoms with E-state index in [4.69, 9.17) is 10.7 Å². The van der Waals surface area contributed by atoms with E-state index >= 15 is 0 Å². The molecule has 1 saturated heterocycles. The minimum atomic E-state index is -0.400. The molecule has 0 aliphatic carbocycles. The van der Waals surface area contributed by atoms with Gasteiger partial charge in [0.25, 0.3) is 0 Å². The summed E-state index contributed by atoms with van der Waals surface area (Å²) in [6.07, 6.45) is 3.67. The average molecular weight is 287 g/mol. The first kappa shape index (κ1) is 13.3. The lowest BCUT2D eigenvalue weighted by atomic mass is 10.0. The first-order valence-electron chi connectivity index (χ1n) is 6.83. The molecule has 1 aromatic heterocycles. The van der Waals surface area contributed by atoms with Gasteiger partial charge in [-0.15, -0.1) is 11.3 Å². The smallest absolute Gasteiger partial charge is 0.248 e. The Bertz CT molecular complexity index is 600. The number of primary amides is 1. The predicted octanol–water partition coefficient (Wildman–Crippen LogP) is 2.72.